The number of nitrogens with two attached hydrogens (primary N) is 2. The maximum absolute atomic E-state index is 12.9. The van der Waals surface area contributed by atoms with Crippen molar-refractivity contribution in [2.45, 2.75) is 100 Å². The zero-order valence-corrected chi connectivity index (χ0v) is 57.6. The average molecular weight is 1470 g/mol. The van der Waals surface area contributed by atoms with E-state index in [2.05, 4.69) is 93.3 Å². The third-order valence-electron chi connectivity index (χ3n) is 12.2. The minimum absolute atomic E-state index is 0.0788. The molecule has 32 heteroatoms. The molecule has 4 amide bonds. The van der Waals surface area contributed by atoms with E-state index in [1.807, 2.05) is 73.6 Å². The Kier molecular flexibility index (Phi) is 25.2. The quantitative estimate of drug-likeness (QED) is 0.0492. The number of hydrogen-bond donors (Lipinski definition) is 8. The Labute approximate surface area is 563 Å². The van der Waals surface area contributed by atoms with Gasteiger partial charge in [-0.1, -0.05) is 68.7 Å². The number of nitrogen functional groups attached to an aromatic ring is 1. The molecule has 92 heavy (non-hydrogen) atoms. The van der Waals surface area contributed by atoms with Crippen LogP contribution in [0.4, 0.5) is 28.8 Å². The molecule has 3 aliphatic rings. The minimum atomic E-state index is -0.977. The monoisotopic (exact) mass is 1460 g/mol. The fourth-order valence-electron chi connectivity index (χ4n) is 9.26. The molecule has 7 aromatic heterocycles. The summed E-state index contributed by atoms with van der Waals surface area (Å²) in [5.74, 6) is -0.319. The van der Waals surface area contributed by atoms with Gasteiger partial charge >= 0.3 is 0 Å². The molecule has 0 bridgehead atoms. The number of primary amides is 1. The number of amides is 4. The SMILES string of the molecule is CC(=O)C=C(C)C.CC(C)=CC1(C)NC(=O)c2c(Cl)cc(Br)c(=O)n21.CC(C)=CC1(C)NC(=O)c2c(Cl)cc(Nc3ccncn3)c(=O)n21.CC(C)=CC1(C)NC(=O)c2c(Cl)cc(Nc3ccncn3)c(=O)n21.NC(=O)c1[nH]c(=O)c(Br)cc1Cl.Nc1ccncn1. The highest BCUT2D eigenvalue weighted by Gasteiger charge is 2.43. The van der Waals surface area contributed by atoms with Crippen LogP contribution in [0.5, 0.6) is 0 Å². The van der Waals surface area contributed by atoms with E-state index in [4.69, 9.17) is 57.9 Å². The van der Waals surface area contributed by atoms with Crippen LogP contribution in [0, 0.1) is 0 Å². The molecule has 0 aliphatic carbocycles. The Morgan fingerprint density at radius 3 is 1.17 bits per heavy atom. The van der Waals surface area contributed by atoms with E-state index in [9.17, 15) is 43.2 Å². The van der Waals surface area contributed by atoms with Crippen LogP contribution >= 0.6 is 78.3 Å². The summed E-state index contributed by atoms with van der Waals surface area (Å²) in [5.41, 5.74) is 10.7. The van der Waals surface area contributed by atoms with Crippen molar-refractivity contribution in [3.63, 3.8) is 0 Å². The lowest BCUT2D eigenvalue weighted by atomic mass is 10.1. The van der Waals surface area contributed by atoms with Crippen molar-refractivity contribution >= 4 is 137 Å². The van der Waals surface area contributed by atoms with E-state index in [-0.39, 0.29) is 98.9 Å². The smallest absolute Gasteiger partial charge is 0.277 e. The van der Waals surface area contributed by atoms with Gasteiger partial charge in [-0.05, 0) is 182 Å². The first kappa shape index (κ1) is 73.8. The van der Waals surface area contributed by atoms with Gasteiger partial charge < -0.3 is 43.0 Å². The zero-order chi connectivity index (χ0) is 68.9. The number of allylic oxidation sites excluding steroid dienone is 5. The van der Waals surface area contributed by atoms with Gasteiger partial charge in [-0.2, -0.15) is 0 Å². The van der Waals surface area contributed by atoms with Crippen LogP contribution in [0.2, 0.25) is 20.1 Å². The van der Waals surface area contributed by atoms with E-state index < -0.39 is 28.5 Å². The molecule has 0 radical (unpaired) electrons. The molecule has 0 aromatic carbocycles. The van der Waals surface area contributed by atoms with Crippen LogP contribution in [0.25, 0.3) is 0 Å². The number of carbonyl (C=O) groups excluding carboxylic acids is 5. The van der Waals surface area contributed by atoms with E-state index in [1.165, 1.54) is 56.9 Å². The summed E-state index contributed by atoms with van der Waals surface area (Å²) in [5, 5.41) is 15.0. The summed E-state index contributed by atoms with van der Waals surface area (Å²) in [6, 6.07) is 10.5. The largest absolute Gasteiger partial charge is 0.384 e. The molecule has 26 nitrogen and oxygen atoms in total. The average Bonchev–Trinajstić information content (AvgIpc) is 1.59. The van der Waals surface area contributed by atoms with Crippen molar-refractivity contribution in [1.82, 2.24) is 64.5 Å². The summed E-state index contributed by atoms with van der Waals surface area (Å²) < 4.78 is 4.72. The standard InChI is InChI=1S/2C16H16ClN5O2.C12H12BrClN2O2.C6H4BrClN2O2.C6H10O.C4H5N3/c2*1-9(2)7-16(3)21-14(23)13-10(17)6-11(15(24)22(13)16)20-12-4-5-18-8-19-12;1-6(2)5-12(3)15-10(17)9-8(14)4-7(13)11(18)16(9)12;7-2-1-3(8)4(5(9)11)10-6(2)12;1-5(2)4-6(3)7;5-4-1-2-6-3-7-4/h2*4-8H,1-3H3,(H,21,23)(H,18,19,20);4-5H,1-3H3,(H,15,17);1H,(H2,9,11)(H,10,12);4H,1-3H3;1-3H,(H2,5,6,7). The second kappa shape index (κ2) is 31.4. The van der Waals surface area contributed by atoms with E-state index >= 15 is 0 Å². The molecule has 484 valence electrons. The van der Waals surface area contributed by atoms with E-state index in [0.717, 1.165) is 22.3 Å². The molecule has 3 unspecified atom stereocenters. The van der Waals surface area contributed by atoms with Crippen LogP contribution in [-0.2, 0) is 21.8 Å². The summed E-state index contributed by atoms with van der Waals surface area (Å²) in [4.78, 5) is 132. The number of nitrogens with one attached hydrogen (secondary N) is 6. The third-order valence-corrected chi connectivity index (χ3v) is 14.6. The summed E-state index contributed by atoms with van der Waals surface area (Å²) >= 11 is 30.3. The van der Waals surface area contributed by atoms with Crippen LogP contribution < -0.4 is 60.3 Å². The molecule has 0 saturated carbocycles. The molecule has 7 aromatic rings. The predicted octanol–water partition coefficient (Wildman–Crippen LogP) is 9.97. The van der Waals surface area contributed by atoms with Crippen molar-refractivity contribution in [2.24, 2.45) is 5.73 Å². The van der Waals surface area contributed by atoms with Crippen molar-refractivity contribution in [2.75, 3.05) is 16.4 Å². The molecule has 0 fully saturated rings. The van der Waals surface area contributed by atoms with Crippen LogP contribution in [-0.4, -0.2) is 78.0 Å². The normalized spacial score (nSPS) is 16.5. The van der Waals surface area contributed by atoms with Crippen molar-refractivity contribution in [3.05, 3.63) is 220 Å². The van der Waals surface area contributed by atoms with Gasteiger partial charge in [0.25, 0.3) is 45.9 Å². The van der Waals surface area contributed by atoms with Gasteiger partial charge in [0.05, 0.1) is 29.0 Å². The second-order valence-corrected chi connectivity index (χ2v) is 24.9. The Hall–Kier alpha value is -8.93. The number of aromatic amines is 1. The van der Waals surface area contributed by atoms with Gasteiger partial charge in [-0.15, -0.1) is 0 Å². The van der Waals surface area contributed by atoms with Crippen LogP contribution in [0.3, 0.4) is 0 Å². The third kappa shape index (κ3) is 18.6. The van der Waals surface area contributed by atoms with Crippen molar-refractivity contribution in [1.29, 1.82) is 0 Å². The number of hydrogen-bond acceptors (Lipinski definition) is 18. The van der Waals surface area contributed by atoms with Crippen LogP contribution in [0.1, 0.15) is 125 Å². The molecule has 0 saturated heterocycles. The number of nitrogens with zero attached hydrogens (tertiary/aromatic N) is 9. The first-order valence-electron chi connectivity index (χ1n) is 27.0. The maximum atomic E-state index is 12.9. The lowest BCUT2D eigenvalue weighted by molar-refractivity contribution is -0.112. The van der Waals surface area contributed by atoms with Gasteiger partial charge in [-0.25, -0.2) is 29.9 Å². The van der Waals surface area contributed by atoms with Gasteiger partial charge in [0, 0.05) is 18.6 Å². The van der Waals surface area contributed by atoms with E-state index in [0.29, 0.717) is 21.9 Å². The summed E-state index contributed by atoms with van der Waals surface area (Å²) in [7, 11) is 0. The number of ketones is 1. The Bertz CT molecular complexity index is 4230. The maximum Gasteiger partial charge on any atom is 0.277 e. The number of halogens is 6. The first-order chi connectivity index (χ1) is 42.9. The van der Waals surface area contributed by atoms with Gasteiger partial charge in [0.2, 0.25) is 0 Å². The molecule has 10 heterocycles. The molecular formula is C60H63Br2Cl4N17O9. The Morgan fingerprint density at radius 2 is 0.880 bits per heavy atom. The number of aromatic nitrogens is 10. The number of carbonyl (C=O) groups is 5. The predicted molar refractivity (Wildman–Crippen MR) is 362 cm³/mol. The molecule has 0 spiro atoms. The number of pyridine rings is 4. The minimum Gasteiger partial charge on any atom is -0.384 e. The zero-order valence-electron chi connectivity index (χ0n) is 51.4. The van der Waals surface area contributed by atoms with Crippen molar-refractivity contribution in [3.8, 4) is 0 Å². The molecule has 10 rings (SSSR count). The topological polar surface area (TPSA) is 374 Å². The highest BCUT2D eigenvalue weighted by Crippen LogP contribution is 2.33. The molecule has 3 atom stereocenters. The van der Waals surface area contributed by atoms with E-state index in [1.54, 1.807) is 70.6 Å². The number of rotatable bonds is 9. The molecular weight excluding hydrogens is 1400 g/mol. The van der Waals surface area contributed by atoms with Crippen molar-refractivity contribution < 1.29 is 24.0 Å². The highest BCUT2D eigenvalue weighted by atomic mass is 79.9. The molecule has 3 aliphatic heterocycles. The second-order valence-electron chi connectivity index (χ2n) is 21.5. The lowest BCUT2D eigenvalue weighted by Crippen LogP contribution is -2.43. The Morgan fingerprint density at radius 1 is 0.522 bits per heavy atom. The summed E-state index contributed by atoms with van der Waals surface area (Å²) in [6.45, 7) is 22.0. The number of anilines is 5. The fraction of sp³-hybridized carbons (Fsp3) is 0.250. The van der Waals surface area contributed by atoms with Gasteiger partial charge in [0.1, 0.15) is 87.6 Å². The summed E-state index contributed by atoms with van der Waals surface area (Å²) in [6.07, 6.45) is 15.9. The highest BCUT2D eigenvalue weighted by molar-refractivity contribution is 9.10. The Balaban J connectivity index is 0.000000212. The van der Waals surface area contributed by atoms with Gasteiger partial charge in [0.15, 0.2) is 5.78 Å². The number of fused-ring (bicyclic) bond motifs is 3. The van der Waals surface area contributed by atoms with Gasteiger partial charge in [-0.3, -0.25) is 56.9 Å². The van der Waals surface area contributed by atoms with Crippen LogP contribution in [0.15, 0.2) is 155 Å². The number of H-pyrrole nitrogens is 1. The fourth-order valence-corrected chi connectivity index (χ4v) is 11.3. The lowest BCUT2D eigenvalue weighted by Gasteiger charge is -2.24. The first-order valence-corrected chi connectivity index (χ1v) is 30.1. The molecule has 10 N–H and O–H groups in total.